The number of nitrogens with two attached hydrogens (primary N) is 1. The minimum atomic E-state index is -0.0768. The number of aryl methyl sites for hydroxylation is 1. The fourth-order valence-electron chi connectivity index (χ4n) is 2.78. The van der Waals surface area contributed by atoms with Gasteiger partial charge in [0.2, 0.25) is 0 Å². The van der Waals surface area contributed by atoms with Gasteiger partial charge in [-0.25, -0.2) is 5.43 Å². The van der Waals surface area contributed by atoms with Crippen molar-refractivity contribution in [1.82, 2.24) is 5.43 Å². The van der Waals surface area contributed by atoms with Crippen LogP contribution in [-0.2, 0) is 4.74 Å². The van der Waals surface area contributed by atoms with Crippen LogP contribution in [0.1, 0.15) is 36.6 Å². The molecule has 4 nitrogen and oxygen atoms in total. The average molecular weight is 260 g/mol. The van der Waals surface area contributed by atoms with E-state index in [4.69, 9.17) is 15.0 Å². The number of hydrazine groups is 1. The average Bonchev–Trinajstić information content (AvgIpc) is 2.86. The summed E-state index contributed by atoms with van der Waals surface area (Å²) in [7, 11) is 0. The molecule has 1 aromatic carbocycles. The van der Waals surface area contributed by atoms with Gasteiger partial charge in [0.05, 0.1) is 6.10 Å². The van der Waals surface area contributed by atoms with Crippen molar-refractivity contribution in [2.75, 3.05) is 6.61 Å². The quantitative estimate of drug-likeness (QED) is 0.658. The summed E-state index contributed by atoms with van der Waals surface area (Å²) in [4.78, 5) is 0. The lowest BCUT2D eigenvalue weighted by Crippen LogP contribution is -2.39. The molecule has 0 spiro atoms. The molecule has 1 aliphatic heterocycles. The highest BCUT2D eigenvalue weighted by atomic mass is 16.5. The Hall–Kier alpha value is -1.36. The summed E-state index contributed by atoms with van der Waals surface area (Å²) in [5.74, 6) is 6.57. The number of para-hydroxylation sites is 1. The van der Waals surface area contributed by atoms with Crippen molar-refractivity contribution < 1.29 is 9.15 Å². The predicted octanol–water partition coefficient (Wildman–Crippen LogP) is 2.81. The Kier molecular flexibility index (Phi) is 3.55. The Morgan fingerprint density at radius 3 is 2.95 bits per heavy atom. The summed E-state index contributed by atoms with van der Waals surface area (Å²) in [5.41, 5.74) is 4.93. The highest BCUT2D eigenvalue weighted by molar-refractivity contribution is 5.81. The highest BCUT2D eigenvalue weighted by Gasteiger charge is 2.27. The molecule has 0 amide bonds. The van der Waals surface area contributed by atoms with Gasteiger partial charge in [-0.15, -0.1) is 0 Å². The van der Waals surface area contributed by atoms with Crippen molar-refractivity contribution in [1.29, 1.82) is 0 Å². The summed E-state index contributed by atoms with van der Waals surface area (Å²) < 4.78 is 11.8. The summed E-state index contributed by atoms with van der Waals surface area (Å²) in [6.07, 6.45) is 3.43. The molecule has 2 unspecified atom stereocenters. The number of hydrogen-bond donors (Lipinski definition) is 2. The lowest BCUT2D eigenvalue weighted by Gasteiger charge is -2.28. The molecule has 3 N–H and O–H groups in total. The standard InChI is InChI=1S/C15H20N2O2/c1-10-5-4-6-11-9-13(19-15(10)11)14(17-16)12-7-2-3-8-18-12/h4-6,9,12,14,17H,2-3,7-8,16H2,1H3. The first-order valence-electron chi connectivity index (χ1n) is 6.86. The van der Waals surface area contributed by atoms with E-state index in [1.54, 1.807) is 0 Å². The highest BCUT2D eigenvalue weighted by Crippen LogP contribution is 2.31. The number of ether oxygens (including phenoxy) is 1. The molecule has 2 heterocycles. The predicted molar refractivity (Wildman–Crippen MR) is 74.6 cm³/mol. The first kappa shape index (κ1) is 12.7. The minimum absolute atomic E-state index is 0.0768. The van der Waals surface area contributed by atoms with Crippen molar-refractivity contribution in [3.05, 3.63) is 35.6 Å². The van der Waals surface area contributed by atoms with Gasteiger partial charge in [0.15, 0.2) is 0 Å². The number of rotatable bonds is 3. The molecule has 0 saturated carbocycles. The SMILES string of the molecule is Cc1cccc2cc(C(NN)C3CCCCO3)oc12. The van der Waals surface area contributed by atoms with Gasteiger partial charge in [-0.3, -0.25) is 5.84 Å². The third kappa shape index (κ3) is 2.39. The molecule has 1 fully saturated rings. The molecular weight excluding hydrogens is 240 g/mol. The first-order valence-corrected chi connectivity index (χ1v) is 6.86. The number of benzene rings is 1. The van der Waals surface area contributed by atoms with Crippen LogP contribution in [0.4, 0.5) is 0 Å². The lowest BCUT2D eigenvalue weighted by molar-refractivity contribution is -0.0123. The van der Waals surface area contributed by atoms with E-state index in [0.29, 0.717) is 0 Å². The molecule has 0 aliphatic carbocycles. The van der Waals surface area contributed by atoms with Crippen molar-refractivity contribution >= 4 is 11.0 Å². The molecule has 2 atom stereocenters. The number of nitrogens with one attached hydrogen (secondary N) is 1. The normalized spacial score (nSPS) is 21.7. The van der Waals surface area contributed by atoms with Crippen LogP contribution >= 0.6 is 0 Å². The van der Waals surface area contributed by atoms with Gasteiger partial charge in [0.25, 0.3) is 0 Å². The van der Waals surface area contributed by atoms with Crippen molar-refractivity contribution in [3.63, 3.8) is 0 Å². The Morgan fingerprint density at radius 1 is 1.37 bits per heavy atom. The third-order valence-electron chi connectivity index (χ3n) is 3.83. The van der Waals surface area contributed by atoms with Gasteiger partial charge in [0.1, 0.15) is 17.4 Å². The lowest BCUT2D eigenvalue weighted by atomic mass is 10.0. The summed E-state index contributed by atoms with van der Waals surface area (Å²) in [6, 6.07) is 8.14. The number of fused-ring (bicyclic) bond motifs is 1. The summed E-state index contributed by atoms with van der Waals surface area (Å²) >= 11 is 0. The zero-order chi connectivity index (χ0) is 13.2. The second-order valence-electron chi connectivity index (χ2n) is 5.19. The largest absolute Gasteiger partial charge is 0.459 e. The molecule has 1 saturated heterocycles. The molecule has 1 aromatic heterocycles. The minimum Gasteiger partial charge on any atom is -0.459 e. The van der Waals surface area contributed by atoms with Crippen LogP contribution in [-0.4, -0.2) is 12.7 Å². The smallest absolute Gasteiger partial charge is 0.137 e. The topological polar surface area (TPSA) is 60.4 Å². The zero-order valence-electron chi connectivity index (χ0n) is 11.2. The van der Waals surface area contributed by atoms with Crippen LogP contribution in [0.25, 0.3) is 11.0 Å². The molecular formula is C15H20N2O2. The zero-order valence-corrected chi connectivity index (χ0v) is 11.2. The van der Waals surface area contributed by atoms with E-state index in [1.165, 1.54) is 6.42 Å². The van der Waals surface area contributed by atoms with Crippen LogP contribution in [0, 0.1) is 6.92 Å². The Balaban J connectivity index is 1.94. The summed E-state index contributed by atoms with van der Waals surface area (Å²) in [5, 5.41) is 1.12. The van der Waals surface area contributed by atoms with Crippen LogP contribution in [0.2, 0.25) is 0 Å². The van der Waals surface area contributed by atoms with Gasteiger partial charge in [-0.1, -0.05) is 18.2 Å². The molecule has 4 heteroatoms. The van der Waals surface area contributed by atoms with E-state index >= 15 is 0 Å². The van der Waals surface area contributed by atoms with Crippen molar-refractivity contribution in [2.45, 2.75) is 38.3 Å². The Morgan fingerprint density at radius 2 is 2.26 bits per heavy atom. The van der Waals surface area contributed by atoms with E-state index in [1.807, 2.05) is 6.07 Å². The molecule has 1 aliphatic rings. The van der Waals surface area contributed by atoms with Crippen LogP contribution < -0.4 is 11.3 Å². The molecule has 2 aromatic rings. The van der Waals surface area contributed by atoms with E-state index in [9.17, 15) is 0 Å². The van der Waals surface area contributed by atoms with Gasteiger partial charge in [0, 0.05) is 12.0 Å². The summed E-state index contributed by atoms with van der Waals surface area (Å²) in [6.45, 7) is 2.86. The van der Waals surface area contributed by atoms with Gasteiger partial charge in [-0.2, -0.15) is 0 Å². The second-order valence-corrected chi connectivity index (χ2v) is 5.19. The van der Waals surface area contributed by atoms with E-state index in [-0.39, 0.29) is 12.1 Å². The molecule has 19 heavy (non-hydrogen) atoms. The van der Waals surface area contributed by atoms with Crippen LogP contribution in [0.5, 0.6) is 0 Å². The second kappa shape index (κ2) is 5.33. The monoisotopic (exact) mass is 260 g/mol. The van der Waals surface area contributed by atoms with Crippen molar-refractivity contribution in [2.24, 2.45) is 5.84 Å². The maximum atomic E-state index is 5.98. The molecule has 0 radical (unpaired) electrons. The van der Waals surface area contributed by atoms with E-state index in [0.717, 1.165) is 41.7 Å². The van der Waals surface area contributed by atoms with Crippen LogP contribution in [0.15, 0.2) is 28.7 Å². The van der Waals surface area contributed by atoms with E-state index in [2.05, 4.69) is 30.5 Å². The van der Waals surface area contributed by atoms with Crippen LogP contribution in [0.3, 0.4) is 0 Å². The fraction of sp³-hybridized carbons (Fsp3) is 0.467. The maximum Gasteiger partial charge on any atom is 0.137 e. The van der Waals surface area contributed by atoms with Gasteiger partial charge in [-0.05, 0) is 37.8 Å². The van der Waals surface area contributed by atoms with Gasteiger partial charge < -0.3 is 9.15 Å². The third-order valence-corrected chi connectivity index (χ3v) is 3.83. The number of hydrogen-bond acceptors (Lipinski definition) is 4. The Bertz CT molecular complexity index is 558. The fourth-order valence-corrected chi connectivity index (χ4v) is 2.78. The van der Waals surface area contributed by atoms with Gasteiger partial charge >= 0.3 is 0 Å². The molecule has 0 bridgehead atoms. The van der Waals surface area contributed by atoms with E-state index < -0.39 is 0 Å². The molecule has 3 rings (SSSR count). The maximum absolute atomic E-state index is 5.98. The first-order chi connectivity index (χ1) is 9.29. The Labute approximate surface area is 112 Å². The number of furan rings is 1. The van der Waals surface area contributed by atoms with Crippen molar-refractivity contribution in [3.8, 4) is 0 Å². The molecule has 102 valence electrons.